The fourth-order valence-corrected chi connectivity index (χ4v) is 3.40. The summed E-state index contributed by atoms with van der Waals surface area (Å²) in [6, 6.07) is 17.0. The highest BCUT2D eigenvalue weighted by molar-refractivity contribution is 5.88. The van der Waals surface area contributed by atoms with Crippen LogP contribution in [0.1, 0.15) is 17.7 Å². The molecule has 0 bridgehead atoms. The van der Waals surface area contributed by atoms with Crippen molar-refractivity contribution in [1.29, 1.82) is 0 Å². The fourth-order valence-electron chi connectivity index (χ4n) is 3.40. The number of aromatic nitrogens is 2. The van der Waals surface area contributed by atoms with Crippen molar-refractivity contribution in [2.75, 3.05) is 30.8 Å². The van der Waals surface area contributed by atoms with Gasteiger partial charge in [0.25, 0.3) is 0 Å². The van der Waals surface area contributed by atoms with E-state index >= 15 is 0 Å². The first-order valence-electron chi connectivity index (χ1n) is 10.1. The van der Waals surface area contributed by atoms with Gasteiger partial charge in [0.2, 0.25) is 0 Å². The van der Waals surface area contributed by atoms with E-state index in [2.05, 4.69) is 32.0 Å². The molecule has 3 aromatic rings. The highest BCUT2D eigenvalue weighted by atomic mass is 16.5. The summed E-state index contributed by atoms with van der Waals surface area (Å²) in [5, 5.41) is 8.99. The van der Waals surface area contributed by atoms with Crippen LogP contribution < -0.4 is 20.7 Å². The summed E-state index contributed by atoms with van der Waals surface area (Å²) in [5.74, 6) is 2.26. The second kappa shape index (κ2) is 9.26. The Morgan fingerprint density at radius 2 is 1.97 bits per heavy atom. The fraction of sp³-hybridized carbons (Fsp3) is 0.261. The Hall–Kier alpha value is -3.61. The van der Waals surface area contributed by atoms with Gasteiger partial charge in [-0.3, -0.25) is 5.32 Å². The normalized spacial score (nSPS) is 12.4. The number of rotatable bonds is 6. The summed E-state index contributed by atoms with van der Waals surface area (Å²) in [6.45, 7) is 1.46. The number of ether oxygens (including phenoxy) is 1. The van der Waals surface area contributed by atoms with E-state index in [1.165, 1.54) is 5.56 Å². The quantitative estimate of drug-likeness (QED) is 0.581. The molecule has 2 amide bonds. The first-order chi connectivity index (χ1) is 14.7. The van der Waals surface area contributed by atoms with Crippen molar-refractivity contribution >= 4 is 17.7 Å². The van der Waals surface area contributed by atoms with Crippen molar-refractivity contribution in [2.45, 2.75) is 19.3 Å². The smallest absolute Gasteiger partial charge is 0.320 e. The molecule has 1 aliphatic heterocycles. The molecule has 0 aliphatic carbocycles. The Morgan fingerprint density at radius 3 is 2.80 bits per heavy atom. The number of methoxy groups -OCH3 is 1. The van der Waals surface area contributed by atoms with Gasteiger partial charge < -0.3 is 15.4 Å². The van der Waals surface area contributed by atoms with E-state index in [0.29, 0.717) is 18.8 Å². The second-order valence-corrected chi connectivity index (χ2v) is 7.11. The van der Waals surface area contributed by atoms with E-state index in [-0.39, 0.29) is 6.03 Å². The van der Waals surface area contributed by atoms with E-state index in [1.807, 2.05) is 42.5 Å². The number of hydrogen-bond acceptors (Lipinski definition) is 5. The summed E-state index contributed by atoms with van der Waals surface area (Å²) in [7, 11) is 1.63. The predicted octanol–water partition coefficient (Wildman–Crippen LogP) is 3.87. The van der Waals surface area contributed by atoms with Crippen LogP contribution in [-0.2, 0) is 12.8 Å². The Morgan fingerprint density at radius 1 is 1.10 bits per heavy atom. The molecule has 2 aromatic heterocycles. The van der Waals surface area contributed by atoms with Gasteiger partial charge in [-0.25, -0.2) is 14.8 Å². The number of amides is 2. The van der Waals surface area contributed by atoms with Crippen LogP contribution in [0.4, 0.5) is 16.4 Å². The third-order valence-corrected chi connectivity index (χ3v) is 4.99. The van der Waals surface area contributed by atoms with Crippen molar-refractivity contribution in [3.8, 4) is 17.0 Å². The standard InChI is InChI=1S/C23H25N5O2/c1-30-19-11-8-16(9-12-19)20-5-2-6-21(27-20)28-23(29)25-15-13-18-10-7-17-4-3-14-24-22(17)26-18/h2,5-12H,3-4,13-15H2,1H3,(H,24,26)(H2,25,27,28,29). The molecule has 0 unspecified atom stereocenters. The molecule has 1 aromatic carbocycles. The number of carbonyl (C=O) groups excluding carboxylic acids is 1. The van der Waals surface area contributed by atoms with Crippen LogP contribution in [0.15, 0.2) is 54.6 Å². The molecule has 0 fully saturated rings. The summed E-state index contributed by atoms with van der Waals surface area (Å²) < 4.78 is 5.18. The third-order valence-electron chi connectivity index (χ3n) is 4.99. The van der Waals surface area contributed by atoms with Crippen LogP contribution in [0.25, 0.3) is 11.3 Å². The number of nitrogens with zero attached hydrogens (tertiary/aromatic N) is 2. The van der Waals surface area contributed by atoms with Crippen LogP contribution >= 0.6 is 0 Å². The SMILES string of the molecule is COc1ccc(-c2cccc(NC(=O)NCCc3ccc4c(n3)NCCC4)n2)cc1. The minimum absolute atomic E-state index is 0.287. The van der Waals surface area contributed by atoms with E-state index < -0.39 is 0 Å². The maximum Gasteiger partial charge on any atom is 0.320 e. The Balaban J connectivity index is 1.30. The number of urea groups is 1. The zero-order valence-electron chi connectivity index (χ0n) is 16.9. The minimum Gasteiger partial charge on any atom is -0.497 e. The first kappa shape index (κ1) is 19.7. The lowest BCUT2D eigenvalue weighted by Gasteiger charge is -2.17. The number of anilines is 2. The second-order valence-electron chi connectivity index (χ2n) is 7.11. The van der Waals surface area contributed by atoms with Crippen molar-refractivity contribution < 1.29 is 9.53 Å². The lowest BCUT2D eigenvalue weighted by atomic mass is 10.1. The number of fused-ring (bicyclic) bond motifs is 1. The molecule has 4 rings (SSSR count). The number of benzene rings is 1. The molecule has 30 heavy (non-hydrogen) atoms. The van der Waals surface area contributed by atoms with Gasteiger partial charge in [-0.1, -0.05) is 12.1 Å². The molecule has 3 N–H and O–H groups in total. The zero-order chi connectivity index (χ0) is 20.8. The van der Waals surface area contributed by atoms with Crippen LogP contribution in [0, 0.1) is 0 Å². The zero-order valence-corrected chi connectivity index (χ0v) is 16.9. The monoisotopic (exact) mass is 403 g/mol. The summed E-state index contributed by atoms with van der Waals surface area (Å²) >= 11 is 0. The molecule has 0 saturated carbocycles. The lowest BCUT2D eigenvalue weighted by molar-refractivity contribution is 0.252. The number of pyridine rings is 2. The number of nitrogens with one attached hydrogen (secondary N) is 3. The number of hydrogen-bond donors (Lipinski definition) is 3. The van der Waals surface area contributed by atoms with Gasteiger partial charge >= 0.3 is 6.03 Å². The minimum atomic E-state index is -0.287. The highest BCUT2D eigenvalue weighted by Crippen LogP contribution is 2.22. The molecule has 0 atom stereocenters. The van der Waals surface area contributed by atoms with E-state index in [0.717, 1.165) is 47.9 Å². The van der Waals surface area contributed by atoms with Crippen molar-refractivity contribution in [2.24, 2.45) is 0 Å². The van der Waals surface area contributed by atoms with Gasteiger partial charge in [0, 0.05) is 30.8 Å². The molecule has 1 aliphatic rings. The Labute approximate surface area is 175 Å². The average molecular weight is 403 g/mol. The van der Waals surface area contributed by atoms with Crippen molar-refractivity contribution in [1.82, 2.24) is 15.3 Å². The molecule has 0 saturated heterocycles. The molecule has 7 heteroatoms. The van der Waals surface area contributed by atoms with Gasteiger partial charge in [-0.15, -0.1) is 0 Å². The van der Waals surface area contributed by atoms with Crippen LogP contribution in [0.3, 0.4) is 0 Å². The maximum atomic E-state index is 12.3. The van der Waals surface area contributed by atoms with Gasteiger partial charge in [0.1, 0.15) is 17.4 Å². The van der Waals surface area contributed by atoms with Gasteiger partial charge in [-0.05, 0) is 60.9 Å². The summed E-state index contributed by atoms with van der Waals surface area (Å²) in [6.07, 6.45) is 2.88. The molecule has 0 spiro atoms. The van der Waals surface area contributed by atoms with E-state index in [9.17, 15) is 4.79 Å². The summed E-state index contributed by atoms with van der Waals surface area (Å²) in [4.78, 5) is 21.4. The van der Waals surface area contributed by atoms with E-state index in [1.54, 1.807) is 13.2 Å². The number of aryl methyl sites for hydroxylation is 1. The van der Waals surface area contributed by atoms with E-state index in [4.69, 9.17) is 4.74 Å². The Kier molecular flexibility index (Phi) is 6.08. The lowest BCUT2D eigenvalue weighted by Crippen LogP contribution is -2.31. The molecule has 154 valence electrons. The average Bonchev–Trinajstić information content (AvgIpc) is 2.79. The van der Waals surface area contributed by atoms with Crippen molar-refractivity contribution in [3.63, 3.8) is 0 Å². The molecular weight excluding hydrogens is 378 g/mol. The van der Waals surface area contributed by atoms with Crippen LogP contribution in [-0.4, -0.2) is 36.2 Å². The summed E-state index contributed by atoms with van der Waals surface area (Å²) in [5.41, 5.74) is 3.95. The van der Waals surface area contributed by atoms with Crippen LogP contribution in [0.2, 0.25) is 0 Å². The van der Waals surface area contributed by atoms with Gasteiger partial charge in [-0.2, -0.15) is 0 Å². The third kappa shape index (κ3) is 4.86. The topological polar surface area (TPSA) is 88.2 Å². The Bertz CT molecular complexity index is 1020. The molecule has 0 radical (unpaired) electrons. The molecular formula is C23H25N5O2. The molecule has 3 heterocycles. The highest BCUT2D eigenvalue weighted by Gasteiger charge is 2.10. The van der Waals surface area contributed by atoms with Crippen molar-refractivity contribution in [3.05, 3.63) is 65.9 Å². The van der Waals surface area contributed by atoms with Gasteiger partial charge in [0.05, 0.1) is 12.8 Å². The first-order valence-corrected chi connectivity index (χ1v) is 10.1. The van der Waals surface area contributed by atoms with Crippen LogP contribution in [0.5, 0.6) is 5.75 Å². The maximum absolute atomic E-state index is 12.3. The predicted molar refractivity (Wildman–Crippen MR) is 118 cm³/mol. The number of carbonyl (C=O) groups is 1. The largest absolute Gasteiger partial charge is 0.497 e. The molecule has 7 nitrogen and oxygen atoms in total. The van der Waals surface area contributed by atoms with Gasteiger partial charge in [0.15, 0.2) is 0 Å².